The SMILES string of the molecule is CCN1C(=O)C(=Cc2cc(Br)ccc2OCCOc2ccccc2OC)SC1=S. The number of methoxy groups -OCH3 is 1. The molecule has 5 nitrogen and oxygen atoms in total. The normalized spacial score (nSPS) is 15.1. The largest absolute Gasteiger partial charge is 0.493 e. The van der Waals surface area contributed by atoms with Gasteiger partial charge in [0.25, 0.3) is 5.91 Å². The molecule has 0 aliphatic carbocycles. The maximum Gasteiger partial charge on any atom is 0.266 e. The third-order valence-electron chi connectivity index (χ3n) is 4.12. The minimum Gasteiger partial charge on any atom is -0.493 e. The molecule has 0 N–H and O–H groups in total. The minimum absolute atomic E-state index is 0.0760. The van der Waals surface area contributed by atoms with E-state index in [1.807, 2.05) is 55.5 Å². The zero-order valence-corrected chi connectivity index (χ0v) is 19.2. The van der Waals surface area contributed by atoms with Crippen LogP contribution in [0.5, 0.6) is 17.2 Å². The summed E-state index contributed by atoms with van der Waals surface area (Å²) < 4.78 is 18.4. The van der Waals surface area contributed by atoms with Crippen molar-refractivity contribution < 1.29 is 19.0 Å². The van der Waals surface area contributed by atoms with Crippen LogP contribution in [0.1, 0.15) is 12.5 Å². The predicted molar refractivity (Wildman–Crippen MR) is 124 cm³/mol. The van der Waals surface area contributed by atoms with Crippen LogP contribution >= 0.6 is 39.9 Å². The Morgan fingerprint density at radius 1 is 1.10 bits per heavy atom. The van der Waals surface area contributed by atoms with Crippen molar-refractivity contribution in [2.75, 3.05) is 26.9 Å². The predicted octanol–water partition coefficient (Wildman–Crippen LogP) is 5.14. The van der Waals surface area contributed by atoms with Gasteiger partial charge in [-0.1, -0.05) is 52.0 Å². The topological polar surface area (TPSA) is 48.0 Å². The van der Waals surface area contributed by atoms with Crippen molar-refractivity contribution in [2.45, 2.75) is 6.92 Å². The summed E-state index contributed by atoms with van der Waals surface area (Å²) in [5, 5.41) is 0. The molecule has 1 fully saturated rings. The Hall–Kier alpha value is -2.03. The number of carbonyl (C=O) groups excluding carboxylic acids is 1. The molecule has 152 valence electrons. The molecule has 8 heteroatoms. The summed E-state index contributed by atoms with van der Waals surface area (Å²) in [6.45, 7) is 3.16. The molecule has 0 radical (unpaired) electrons. The molecule has 1 aliphatic heterocycles. The van der Waals surface area contributed by atoms with Crippen molar-refractivity contribution in [1.82, 2.24) is 4.90 Å². The molecule has 0 saturated carbocycles. The number of para-hydroxylation sites is 2. The fourth-order valence-electron chi connectivity index (χ4n) is 2.72. The lowest BCUT2D eigenvalue weighted by Gasteiger charge is -2.13. The first-order valence-electron chi connectivity index (χ1n) is 8.97. The van der Waals surface area contributed by atoms with Crippen LogP contribution in [0.15, 0.2) is 51.8 Å². The fourth-order valence-corrected chi connectivity index (χ4v) is 4.47. The molecule has 3 rings (SSSR count). The summed E-state index contributed by atoms with van der Waals surface area (Å²) in [5.74, 6) is 1.93. The molecular weight excluding hydrogens is 474 g/mol. The Morgan fingerprint density at radius 2 is 1.79 bits per heavy atom. The van der Waals surface area contributed by atoms with E-state index in [1.165, 1.54) is 11.8 Å². The highest BCUT2D eigenvalue weighted by molar-refractivity contribution is 9.10. The summed E-state index contributed by atoms with van der Waals surface area (Å²) in [5.41, 5.74) is 0.799. The van der Waals surface area contributed by atoms with Crippen LogP contribution < -0.4 is 14.2 Å². The average Bonchev–Trinajstić information content (AvgIpc) is 2.99. The second-order valence-corrected chi connectivity index (χ2v) is 8.55. The van der Waals surface area contributed by atoms with E-state index in [2.05, 4.69) is 15.9 Å². The summed E-state index contributed by atoms with van der Waals surface area (Å²) in [4.78, 5) is 14.7. The van der Waals surface area contributed by atoms with Gasteiger partial charge in [-0.15, -0.1) is 0 Å². The Kier molecular flexibility index (Phi) is 7.57. The molecule has 1 amide bonds. The Balaban J connectivity index is 1.69. The van der Waals surface area contributed by atoms with Gasteiger partial charge in [0.15, 0.2) is 11.5 Å². The van der Waals surface area contributed by atoms with Gasteiger partial charge < -0.3 is 14.2 Å². The Bertz CT molecular complexity index is 948. The first-order chi connectivity index (χ1) is 14.0. The lowest BCUT2D eigenvalue weighted by atomic mass is 10.2. The van der Waals surface area contributed by atoms with E-state index in [0.29, 0.717) is 46.2 Å². The van der Waals surface area contributed by atoms with Gasteiger partial charge in [0, 0.05) is 16.6 Å². The van der Waals surface area contributed by atoms with Crippen molar-refractivity contribution in [2.24, 2.45) is 0 Å². The van der Waals surface area contributed by atoms with E-state index >= 15 is 0 Å². The minimum atomic E-state index is -0.0760. The second kappa shape index (κ2) is 10.1. The number of rotatable bonds is 8. The highest BCUT2D eigenvalue weighted by Gasteiger charge is 2.30. The van der Waals surface area contributed by atoms with E-state index < -0.39 is 0 Å². The molecule has 2 aromatic carbocycles. The molecule has 0 unspecified atom stereocenters. The number of hydrogen-bond donors (Lipinski definition) is 0. The summed E-state index contributed by atoms with van der Waals surface area (Å²) >= 11 is 10.1. The van der Waals surface area contributed by atoms with Crippen LogP contribution in [0.4, 0.5) is 0 Å². The zero-order valence-electron chi connectivity index (χ0n) is 16.0. The number of thioether (sulfide) groups is 1. The van der Waals surface area contributed by atoms with Crippen LogP contribution in [0.25, 0.3) is 6.08 Å². The molecule has 29 heavy (non-hydrogen) atoms. The summed E-state index contributed by atoms with van der Waals surface area (Å²) in [6.07, 6.45) is 1.82. The van der Waals surface area contributed by atoms with Gasteiger partial charge in [0.05, 0.1) is 12.0 Å². The highest BCUT2D eigenvalue weighted by atomic mass is 79.9. The number of thiocarbonyl (C=S) groups is 1. The molecule has 1 heterocycles. The smallest absolute Gasteiger partial charge is 0.266 e. The molecule has 0 aromatic heterocycles. The van der Waals surface area contributed by atoms with Crippen LogP contribution in [-0.2, 0) is 4.79 Å². The Labute approximate surface area is 188 Å². The van der Waals surface area contributed by atoms with Gasteiger partial charge in [0.2, 0.25) is 0 Å². The highest BCUT2D eigenvalue weighted by Crippen LogP contribution is 2.35. The number of ether oxygens (including phenoxy) is 3. The number of likely N-dealkylation sites (N-methyl/N-ethyl adjacent to an activating group) is 1. The van der Waals surface area contributed by atoms with Gasteiger partial charge in [-0.2, -0.15) is 0 Å². The van der Waals surface area contributed by atoms with Crippen molar-refractivity contribution in [3.63, 3.8) is 0 Å². The molecule has 0 bridgehead atoms. The number of nitrogens with zero attached hydrogens (tertiary/aromatic N) is 1. The van der Waals surface area contributed by atoms with E-state index in [9.17, 15) is 4.79 Å². The Morgan fingerprint density at radius 3 is 2.45 bits per heavy atom. The molecular formula is C21H20BrNO4S2. The lowest BCUT2D eigenvalue weighted by molar-refractivity contribution is -0.121. The van der Waals surface area contributed by atoms with E-state index in [0.717, 1.165) is 10.0 Å². The number of halogens is 1. The summed E-state index contributed by atoms with van der Waals surface area (Å²) in [6, 6.07) is 13.1. The molecule has 2 aromatic rings. The van der Waals surface area contributed by atoms with Crippen molar-refractivity contribution in [3.05, 3.63) is 57.4 Å². The standard InChI is InChI=1S/C21H20BrNO4S2/c1-3-23-20(24)19(29-21(23)28)13-14-12-15(22)8-9-16(14)26-10-11-27-18-7-5-4-6-17(18)25-2/h4-9,12-13H,3,10-11H2,1-2H3. The van der Waals surface area contributed by atoms with Crippen LogP contribution in [-0.4, -0.2) is 42.0 Å². The third kappa shape index (κ3) is 5.32. The van der Waals surface area contributed by atoms with Crippen LogP contribution in [0, 0.1) is 0 Å². The average molecular weight is 494 g/mol. The van der Waals surface area contributed by atoms with E-state index in [-0.39, 0.29) is 5.91 Å². The fraction of sp³-hybridized carbons (Fsp3) is 0.238. The number of carbonyl (C=O) groups is 1. The van der Waals surface area contributed by atoms with Gasteiger partial charge in [-0.05, 0) is 43.3 Å². The van der Waals surface area contributed by atoms with Crippen molar-refractivity contribution >= 4 is 56.2 Å². The quantitative estimate of drug-likeness (QED) is 0.288. The number of amides is 1. The summed E-state index contributed by atoms with van der Waals surface area (Å²) in [7, 11) is 1.61. The van der Waals surface area contributed by atoms with E-state index in [4.69, 9.17) is 26.4 Å². The third-order valence-corrected chi connectivity index (χ3v) is 5.99. The van der Waals surface area contributed by atoms with Crippen LogP contribution in [0.2, 0.25) is 0 Å². The number of hydrogen-bond acceptors (Lipinski definition) is 6. The number of benzene rings is 2. The van der Waals surface area contributed by atoms with Gasteiger partial charge in [-0.3, -0.25) is 9.69 Å². The monoisotopic (exact) mass is 493 g/mol. The first kappa shape index (κ1) is 21.7. The van der Waals surface area contributed by atoms with Gasteiger partial charge in [-0.25, -0.2) is 0 Å². The van der Waals surface area contributed by atoms with E-state index in [1.54, 1.807) is 12.0 Å². The first-order valence-corrected chi connectivity index (χ1v) is 11.0. The van der Waals surface area contributed by atoms with Gasteiger partial charge in [0.1, 0.15) is 23.3 Å². The van der Waals surface area contributed by atoms with Crippen molar-refractivity contribution in [3.8, 4) is 17.2 Å². The molecule has 0 atom stereocenters. The molecule has 1 aliphatic rings. The molecule has 1 saturated heterocycles. The maximum absolute atomic E-state index is 12.5. The van der Waals surface area contributed by atoms with Gasteiger partial charge >= 0.3 is 0 Å². The van der Waals surface area contributed by atoms with Crippen LogP contribution in [0.3, 0.4) is 0 Å². The second-order valence-electron chi connectivity index (χ2n) is 5.96. The van der Waals surface area contributed by atoms with Crippen molar-refractivity contribution in [1.29, 1.82) is 0 Å². The maximum atomic E-state index is 12.5. The molecule has 0 spiro atoms. The zero-order chi connectivity index (χ0) is 20.8. The lowest BCUT2D eigenvalue weighted by Crippen LogP contribution is -2.27.